The Kier molecular flexibility index (Phi) is 6.38. The van der Waals surface area contributed by atoms with Gasteiger partial charge < -0.3 is 47.6 Å². The van der Waals surface area contributed by atoms with Crippen LogP contribution in [0.25, 0.3) is 0 Å². The second-order valence-corrected chi connectivity index (χ2v) is 11.6. The van der Waals surface area contributed by atoms with Gasteiger partial charge in [-0.15, -0.1) is 0 Å². The molecule has 0 aliphatic carbocycles. The molecule has 126 valence electrons. The van der Waals surface area contributed by atoms with Crippen LogP contribution < -0.4 is 14.7 Å². The van der Waals surface area contributed by atoms with Gasteiger partial charge in [-0.1, -0.05) is 0 Å². The van der Waals surface area contributed by atoms with Crippen LogP contribution in [0.2, 0.25) is 0 Å². The zero-order valence-corrected chi connectivity index (χ0v) is 13.7. The molecule has 0 amide bonds. The van der Waals surface area contributed by atoms with Gasteiger partial charge in [0, 0.05) is 13.8 Å². The molecule has 0 aromatic rings. The Bertz CT molecular complexity index is 501. The van der Waals surface area contributed by atoms with Crippen molar-refractivity contribution in [2.24, 2.45) is 0 Å². The third kappa shape index (κ3) is 7.48. The van der Waals surface area contributed by atoms with Crippen LogP contribution in [-0.2, 0) is 23.0 Å². The zero-order chi connectivity index (χ0) is 16.5. The van der Waals surface area contributed by atoms with E-state index in [0.717, 1.165) is 0 Å². The average Bonchev–Trinajstić information content (AvgIpc) is 2.48. The first-order valence-corrected chi connectivity index (χ1v) is 11.4. The minimum absolute atomic E-state index is 0.286. The number of hydrogen-bond acceptors (Lipinski definition) is 9. The normalized spacial score (nSPS) is 34.9. The maximum atomic E-state index is 11.5. The first-order chi connectivity index (χ1) is 9.30. The molecule has 0 bridgehead atoms. The fourth-order valence-corrected chi connectivity index (χ4v) is 8.05. The van der Waals surface area contributed by atoms with E-state index in [4.69, 9.17) is 9.63 Å². The zero-order valence-electron chi connectivity index (χ0n) is 11.1. The first kappa shape index (κ1) is 19.5. The summed E-state index contributed by atoms with van der Waals surface area (Å²) in [6, 6.07) is 0. The van der Waals surface area contributed by atoms with Crippen molar-refractivity contribution in [3.8, 4) is 0 Å². The maximum absolute atomic E-state index is 11.5. The van der Waals surface area contributed by atoms with Crippen LogP contribution in [0.4, 0.5) is 0 Å². The monoisotopic (exact) mass is 365 g/mol. The van der Waals surface area contributed by atoms with Crippen molar-refractivity contribution in [3.63, 3.8) is 0 Å². The molecule has 0 spiro atoms. The summed E-state index contributed by atoms with van der Waals surface area (Å²) in [5.41, 5.74) is 0. The molecular formula is C8H16O10P3-3. The summed E-state index contributed by atoms with van der Waals surface area (Å²) >= 11 is 0. The molecule has 6 atom stereocenters. The SMILES string of the molecule is C[C@H]1CC(O)[C@@H](COP(=O)([O-])CP(=O)([O-])CP(=O)([O-])O)O1. The van der Waals surface area contributed by atoms with Crippen LogP contribution in [0.1, 0.15) is 13.3 Å². The van der Waals surface area contributed by atoms with Gasteiger partial charge in [-0.3, -0.25) is 0 Å². The Morgan fingerprint density at radius 1 is 1.24 bits per heavy atom. The van der Waals surface area contributed by atoms with Gasteiger partial charge >= 0.3 is 0 Å². The fraction of sp³-hybridized carbons (Fsp3) is 1.00. The number of aliphatic hydroxyl groups excluding tert-OH is 1. The molecule has 1 heterocycles. The van der Waals surface area contributed by atoms with E-state index in [1.807, 2.05) is 0 Å². The lowest BCUT2D eigenvalue weighted by Crippen LogP contribution is -2.28. The fourth-order valence-electron chi connectivity index (χ4n) is 1.90. The maximum Gasteiger partial charge on any atom is 0.141 e. The molecule has 21 heavy (non-hydrogen) atoms. The van der Waals surface area contributed by atoms with Gasteiger partial charge in [0.05, 0.1) is 30.6 Å². The lowest BCUT2D eigenvalue weighted by molar-refractivity contribution is -0.203. The smallest absolute Gasteiger partial charge is 0.141 e. The Labute approximate surface area is 121 Å². The predicted octanol–water partition coefficient (Wildman–Crippen LogP) is -1.81. The van der Waals surface area contributed by atoms with E-state index < -0.39 is 53.2 Å². The number of ether oxygens (including phenoxy) is 1. The standard InChI is InChI=1S/C8H19O10P3/c1-6-2-7(9)8(18-6)3-17-21(15,16)5-19(10,11)4-20(12,13)14/h6-9H,2-5H2,1H3,(H,10,11)(H,15,16)(H2,12,13,14)/p-3/t6-,7?,8+/m0/s1. The van der Waals surface area contributed by atoms with E-state index in [0.29, 0.717) is 6.42 Å². The van der Waals surface area contributed by atoms with Gasteiger partial charge in [-0.25, -0.2) is 0 Å². The van der Waals surface area contributed by atoms with Gasteiger partial charge in [0.1, 0.15) is 21.3 Å². The Balaban J connectivity index is 2.56. The molecule has 0 aromatic carbocycles. The Morgan fingerprint density at radius 3 is 2.24 bits per heavy atom. The highest BCUT2D eigenvalue weighted by Crippen LogP contribution is 2.58. The van der Waals surface area contributed by atoms with E-state index in [2.05, 4.69) is 4.52 Å². The molecule has 0 saturated carbocycles. The van der Waals surface area contributed by atoms with E-state index in [9.17, 15) is 33.5 Å². The molecule has 0 aromatic heterocycles. The van der Waals surface area contributed by atoms with Crippen molar-refractivity contribution in [2.45, 2.75) is 31.7 Å². The lowest BCUT2D eigenvalue weighted by atomic mass is 10.1. The summed E-state index contributed by atoms with van der Waals surface area (Å²) < 4.78 is 43.0. The number of aliphatic hydroxyl groups is 1. The largest absolute Gasteiger partial charge is 0.799 e. The van der Waals surface area contributed by atoms with E-state index in [1.54, 1.807) is 6.92 Å². The minimum Gasteiger partial charge on any atom is -0.799 e. The van der Waals surface area contributed by atoms with Gasteiger partial charge in [0.25, 0.3) is 0 Å². The average molecular weight is 365 g/mol. The van der Waals surface area contributed by atoms with Gasteiger partial charge in [0.15, 0.2) is 0 Å². The van der Waals surface area contributed by atoms with Crippen LogP contribution >= 0.6 is 22.6 Å². The van der Waals surface area contributed by atoms with Crippen LogP contribution in [0.15, 0.2) is 0 Å². The van der Waals surface area contributed by atoms with Crippen molar-refractivity contribution >= 4 is 22.6 Å². The van der Waals surface area contributed by atoms with Gasteiger partial charge in [-0.2, -0.15) is 0 Å². The van der Waals surface area contributed by atoms with Crippen molar-refractivity contribution < 1.29 is 47.6 Å². The van der Waals surface area contributed by atoms with Crippen LogP contribution in [-0.4, -0.2) is 46.7 Å². The highest BCUT2D eigenvalue weighted by atomic mass is 31.3. The minimum atomic E-state index is -5.14. The van der Waals surface area contributed by atoms with E-state index in [-0.39, 0.29) is 6.10 Å². The van der Waals surface area contributed by atoms with E-state index in [1.165, 1.54) is 0 Å². The van der Waals surface area contributed by atoms with Crippen LogP contribution in [0, 0.1) is 0 Å². The molecule has 0 radical (unpaired) electrons. The summed E-state index contributed by atoms with van der Waals surface area (Å²) in [5.74, 6) is -3.19. The topological polar surface area (TPSA) is 179 Å². The second-order valence-electron chi connectivity index (χ2n) is 4.93. The molecular weight excluding hydrogens is 349 g/mol. The van der Waals surface area contributed by atoms with Crippen LogP contribution in [0.5, 0.6) is 0 Å². The lowest BCUT2D eigenvalue weighted by Gasteiger charge is -2.34. The molecule has 1 fully saturated rings. The van der Waals surface area contributed by atoms with Gasteiger partial charge in [-0.05, 0) is 6.92 Å². The summed E-state index contributed by atoms with van der Waals surface area (Å²) in [4.78, 5) is 41.8. The van der Waals surface area contributed by atoms with Crippen LogP contribution in [0.3, 0.4) is 0 Å². The molecule has 10 nitrogen and oxygen atoms in total. The number of rotatable bonds is 7. The molecule has 4 unspecified atom stereocenters. The van der Waals surface area contributed by atoms with E-state index >= 15 is 0 Å². The third-order valence-electron chi connectivity index (χ3n) is 2.63. The molecule has 1 aliphatic rings. The van der Waals surface area contributed by atoms with Crippen molar-refractivity contribution in [2.75, 3.05) is 18.4 Å². The summed E-state index contributed by atoms with van der Waals surface area (Å²) in [6.45, 7) is 1.10. The summed E-state index contributed by atoms with van der Waals surface area (Å²) in [6.07, 6.45) is -1.83. The first-order valence-electron chi connectivity index (χ1n) is 5.90. The Morgan fingerprint density at radius 2 is 1.81 bits per heavy atom. The Hall–Kier alpha value is 0.410. The quantitative estimate of drug-likeness (QED) is 0.488. The van der Waals surface area contributed by atoms with Crippen molar-refractivity contribution in [1.82, 2.24) is 0 Å². The highest BCUT2D eigenvalue weighted by Gasteiger charge is 2.33. The summed E-state index contributed by atoms with van der Waals surface area (Å²) in [5, 5.41) is 9.52. The molecule has 1 aliphatic heterocycles. The van der Waals surface area contributed by atoms with Crippen molar-refractivity contribution in [1.29, 1.82) is 0 Å². The third-order valence-corrected chi connectivity index (χ3v) is 9.43. The predicted molar refractivity (Wildman–Crippen MR) is 65.7 cm³/mol. The summed E-state index contributed by atoms with van der Waals surface area (Å²) in [7, 11) is -14.9. The molecule has 13 heteroatoms. The highest BCUT2D eigenvalue weighted by molar-refractivity contribution is 7.78. The molecule has 1 rings (SSSR count). The van der Waals surface area contributed by atoms with Crippen molar-refractivity contribution in [3.05, 3.63) is 0 Å². The second kappa shape index (κ2) is 6.89. The van der Waals surface area contributed by atoms with Gasteiger partial charge in [0.2, 0.25) is 0 Å². The number of hydrogen-bond donors (Lipinski definition) is 2. The molecule has 1 saturated heterocycles. The molecule has 2 N–H and O–H groups in total.